The standard InChI is InChI=1S/C31H35ClN4O3/c1-3-15-39-29-11-10-25(19-27(29)32)31(37)33-26(20-35-13-16-38-17-14-35)18-23-6-8-24(9-7-23)28-21-36-12-4-5-22(2)30(36)34-28/h4-12,19,21,26H,3,13-18,20H2,1-2H3,(H,33,37). The van der Waals surface area contributed by atoms with Crippen LogP contribution in [0, 0.1) is 6.92 Å². The molecule has 1 aliphatic heterocycles. The molecule has 3 heterocycles. The molecule has 0 spiro atoms. The summed E-state index contributed by atoms with van der Waals surface area (Å²) in [7, 11) is 0. The lowest BCUT2D eigenvalue weighted by Gasteiger charge is -2.31. The maximum absolute atomic E-state index is 13.3. The van der Waals surface area contributed by atoms with Crippen molar-refractivity contribution in [3.05, 3.63) is 88.7 Å². The number of carbonyl (C=O) groups excluding carboxylic acids is 1. The molecular formula is C31H35ClN4O3. The number of hydrogen-bond donors (Lipinski definition) is 1. The third-order valence-electron chi connectivity index (χ3n) is 6.98. The van der Waals surface area contributed by atoms with Gasteiger partial charge in [0.2, 0.25) is 0 Å². The highest BCUT2D eigenvalue weighted by Gasteiger charge is 2.21. The van der Waals surface area contributed by atoms with Crippen molar-refractivity contribution in [2.45, 2.75) is 32.7 Å². The van der Waals surface area contributed by atoms with E-state index in [2.05, 4.69) is 58.1 Å². The largest absolute Gasteiger partial charge is 0.492 e. The topological polar surface area (TPSA) is 68.1 Å². The van der Waals surface area contributed by atoms with Crippen molar-refractivity contribution in [3.63, 3.8) is 0 Å². The molecule has 1 aliphatic rings. The molecule has 7 nitrogen and oxygen atoms in total. The van der Waals surface area contributed by atoms with Gasteiger partial charge >= 0.3 is 0 Å². The monoisotopic (exact) mass is 546 g/mol. The van der Waals surface area contributed by atoms with Crippen LogP contribution in [0.3, 0.4) is 0 Å². The summed E-state index contributed by atoms with van der Waals surface area (Å²) in [6.45, 7) is 8.57. The fraction of sp³-hybridized carbons (Fsp3) is 0.355. The molecule has 5 rings (SSSR count). The lowest BCUT2D eigenvalue weighted by atomic mass is 10.0. The number of aryl methyl sites for hydroxylation is 1. The number of aromatic nitrogens is 2. The van der Waals surface area contributed by atoms with Crippen LogP contribution < -0.4 is 10.1 Å². The van der Waals surface area contributed by atoms with E-state index in [9.17, 15) is 4.79 Å². The van der Waals surface area contributed by atoms with E-state index in [1.807, 2.05) is 19.2 Å². The Kier molecular flexibility index (Phi) is 8.81. The average molecular weight is 547 g/mol. The molecule has 204 valence electrons. The van der Waals surface area contributed by atoms with E-state index in [0.29, 0.717) is 42.6 Å². The van der Waals surface area contributed by atoms with E-state index < -0.39 is 0 Å². The first-order chi connectivity index (χ1) is 19.0. The number of hydrogen-bond acceptors (Lipinski definition) is 5. The minimum atomic E-state index is -0.145. The Morgan fingerprint density at radius 3 is 2.67 bits per heavy atom. The predicted molar refractivity (Wildman–Crippen MR) is 155 cm³/mol. The number of rotatable bonds is 10. The van der Waals surface area contributed by atoms with Gasteiger partial charge in [-0.1, -0.05) is 48.9 Å². The zero-order valence-electron chi connectivity index (χ0n) is 22.5. The molecule has 0 radical (unpaired) electrons. The Morgan fingerprint density at radius 2 is 1.95 bits per heavy atom. The Hall–Kier alpha value is -3.39. The van der Waals surface area contributed by atoms with Crippen molar-refractivity contribution < 1.29 is 14.3 Å². The van der Waals surface area contributed by atoms with Crippen molar-refractivity contribution >= 4 is 23.2 Å². The number of morpholine rings is 1. The first kappa shape index (κ1) is 27.2. The highest BCUT2D eigenvalue weighted by atomic mass is 35.5. The number of imidazole rings is 1. The molecular weight excluding hydrogens is 512 g/mol. The van der Waals surface area contributed by atoms with Crippen LogP contribution in [0.2, 0.25) is 5.02 Å². The molecule has 2 aromatic heterocycles. The molecule has 0 aliphatic carbocycles. The van der Waals surface area contributed by atoms with Gasteiger partial charge in [-0.3, -0.25) is 9.69 Å². The van der Waals surface area contributed by atoms with Gasteiger partial charge in [0.25, 0.3) is 5.91 Å². The number of carbonyl (C=O) groups is 1. The fourth-order valence-corrected chi connectivity index (χ4v) is 5.12. The van der Waals surface area contributed by atoms with Gasteiger partial charge in [0.1, 0.15) is 11.4 Å². The summed E-state index contributed by atoms with van der Waals surface area (Å²) in [4.78, 5) is 20.4. The number of benzene rings is 2. The van der Waals surface area contributed by atoms with Crippen LogP contribution in [0.15, 0.2) is 67.0 Å². The highest BCUT2D eigenvalue weighted by Crippen LogP contribution is 2.26. The third-order valence-corrected chi connectivity index (χ3v) is 7.28. The summed E-state index contributed by atoms with van der Waals surface area (Å²) in [6.07, 6.45) is 5.67. The van der Waals surface area contributed by atoms with Gasteiger partial charge < -0.3 is 19.2 Å². The average Bonchev–Trinajstić information content (AvgIpc) is 3.39. The second-order valence-electron chi connectivity index (χ2n) is 10.0. The number of halogens is 1. The molecule has 1 saturated heterocycles. The highest BCUT2D eigenvalue weighted by molar-refractivity contribution is 6.32. The molecule has 0 saturated carbocycles. The maximum atomic E-state index is 13.3. The zero-order valence-corrected chi connectivity index (χ0v) is 23.3. The minimum Gasteiger partial charge on any atom is -0.492 e. The summed E-state index contributed by atoms with van der Waals surface area (Å²) in [5.74, 6) is 0.453. The summed E-state index contributed by atoms with van der Waals surface area (Å²) in [5.41, 5.74) is 5.79. The van der Waals surface area contributed by atoms with Gasteiger partial charge in [-0.2, -0.15) is 0 Å². The fourth-order valence-electron chi connectivity index (χ4n) is 4.89. The smallest absolute Gasteiger partial charge is 0.251 e. The van der Waals surface area contributed by atoms with Gasteiger partial charge in [0, 0.05) is 49.2 Å². The predicted octanol–water partition coefficient (Wildman–Crippen LogP) is 5.43. The summed E-state index contributed by atoms with van der Waals surface area (Å²) in [6, 6.07) is 17.7. The van der Waals surface area contributed by atoms with Crippen molar-refractivity contribution in [3.8, 4) is 17.0 Å². The molecule has 1 N–H and O–H groups in total. The van der Waals surface area contributed by atoms with Crippen LogP contribution in [-0.4, -0.2) is 65.7 Å². The SMILES string of the molecule is CCCOc1ccc(C(=O)NC(Cc2ccc(-c3cn4cccc(C)c4n3)cc2)CN2CCOCC2)cc1Cl. The number of fused-ring (bicyclic) bond motifs is 1. The third kappa shape index (κ3) is 6.79. The maximum Gasteiger partial charge on any atom is 0.251 e. The second-order valence-corrected chi connectivity index (χ2v) is 10.4. The van der Waals surface area contributed by atoms with Gasteiger partial charge in [0.05, 0.1) is 30.5 Å². The molecule has 8 heteroatoms. The Balaban J connectivity index is 1.30. The quantitative estimate of drug-likeness (QED) is 0.287. The van der Waals surface area contributed by atoms with E-state index in [1.165, 1.54) is 0 Å². The Bertz CT molecular complexity index is 1410. The van der Waals surface area contributed by atoms with E-state index in [4.69, 9.17) is 26.1 Å². The Labute approximate surface area is 234 Å². The van der Waals surface area contributed by atoms with Gasteiger partial charge in [0.15, 0.2) is 0 Å². The van der Waals surface area contributed by atoms with Crippen LogP contribution in [0.4, 0.5) is 0 Å². The lowest BCUT2D eigenvalue weighted by Crippen LogP contribution is -2.48. The summed E-state index contributed by atoms with van der Waals surface area (Å²) < 4.78 is 13.2. The second kappa shape index (κ2) is 12.6. The van der Waals surface area contributed by atoms with Crippen LogP contribution >= 0.6 is 11.6 Å². The normalized spacial score (nSPS) is 14.8. The van der Waals surface area contributed by atoms with Gasteiger partial charge in [-0.05, 0) is 55.2 Å². The first-order valence-electron chi connectivity index (χ1n) is 13.6. The molecule has 2 aromatic carbocycles. The van der Waals surface area contributed by atoms with Crippen LogP contribution in [-0.2, 0) is 11.2 Å². The Morgan fingerprint density at radius 1 is 1.15 bits per heavy atom. The van der Waals surface area contributed by atoms with Crippen molar-refractivity contribution in [2.24, 2.45) is 0 Å². The molecule has 1 unspecified atom stereocenters. The number of pyridine rings is 1. The molecule has 1 atom stereocenters. The van der Waals surface area contributed by atoms with E-state index in [-0.39, 0.29) is 11.9 Å². The van der Waals surface area contributed by atoms with Crippen molar-refractivity contribution in [1.82, 2.24) is 19.6 Å². The van der Waals surface area contributed by atoms with Crippen LogP contribution in [0.5, 0.6) is 5.75 Å². The minimum absolute atomic E-state index is 0.0749. The van der Waals surface area contributed by atoms with Crippen molar-refractivity contribution in [1.29, 1.82) is 0 Å². The van der Waals surface area contributed by atoms with E-state index >= 15 is 0 Å². The van der Waals surface area contributed by atoms with E-state index in [1.54, 1.807) is 18.2 Å². The number of nitrogens with one attached hydrogen (secondary N) is 1. The van der Waals surface area contributed by atoms with E-state index in [0.717, 1.165) is 54.1 Å². The number of nitrogens with zero attached hydrogens (tertiary/aromatic N) is 3. The van der Waals surface area contributed by atoms with Gasteiger partial charge in [-0.15, -0.1) is 0 Å². The van der Waals surface area contributed by atoms with Gasteiger partial charge in [-0.25, -0.2) is 4.98 Å². The molecule has 0 bridgehead atoms. The summed E-state index contributed by atoms with van der Waals surface area (Å²) in [5, 5.41) is 3.70. The summed E-state index contributed by atoms with van der Waals surface area (Å²) >= 11 is 6.40. The molecule has 39 heavy (non-hydrogen) atoms. The van der Waals surface area contributed by atoms with Crippen LogP contribution in [0.25, 0.3) is 16.9 Å². The zero-order chi connectivity index (χ0) is 27.2. The number of amides is 1. The lowest BCUT2D eigenvalue weighted by molar-refractivity contribution is 0.0333. The number of ether oxygens (including phenoxy) is 2. The van der Waals surface area contributed by atoms with Crippen molar-refractivity contribution in [2.75, 3.05) is 39.5 Å². The molecule has 1 amide bonds. The molecule has 4 aromatic rings. The van der Waals surface area contributed by atoms with Crippen LogP contribution in [0.1, 0.15) is 34.8 Å². The molecule has 1 fully saturated rings. The first-order valence-corrected chi connectivity index (χ1v) is 13.9.